The number of hydrogen-bond acceptors (Lipinski definition) is 2. The molecule has 0 aliphatic rings. The van der Waals surface area contributed by atoms with Gasteiger partial charge >= 0.3 is 0 Å². The molecule has 0 aromatic carbocycles. The van der Waals surface area contributed by atoms with E-state index in [1.54, 1.807) is 6.07 Å². The zero-order valence-electron chi connectivity index (χ0n) is 5.51. The van der Waals surface area contributed by atoms with Crippen molar-refractivity contribution in [3.05, 3.63) is 29.3 Å². The maximum absolute atomic E-state index is 12.6. The van der Waals surface area contributed by atoms with Crippen molar-refractivity contribution < 1.29 is 4.39 Å². The van der Waals surface area contributed by atoms with Crippen molar-refractivity contribution in [2.45, 2.75) is 5.88 Å². The second-order valence-corrected chi connectivity index (χ2v) is 2.17. The van der Waals surface area contributed by atoms with E-state index < -0.39 is 5.82 Å². The SMILES string of the molecule is N#Cc1cc(CCl)ncc1F. The molecular formula is C7H4ClFN2. The van der Waals surface area contributed by atoms with Gasteiger partial charge in [0, 0.05) is 0 Å². The Morgan fingerprint density at radius 1 is 1.73 bits per heavy atom. The van der Waals surface area contributed by atoms with Crippen LogP contribution in [-0.4, -0.2) is 4.98 Å². The van der Waals surface area contributed by atoms with Crippen LogP contribution in [0.5, 0.6) is 0 Å². The summed E-state index contributed by atoms with van der Waals surface area (Å²) >= 11 is 5.41. The van der Waals surface area contributed by atoms with Gasteiger partial charge in [-0.2, -0.15) is 5.26 Å². The summed E-state index contributed by atoms with van der Waals surface area (Å²) in [5.41, 5.74) is 0.486. The maximum Gasteiger partial charge on any atom is 0.159 e. The van der Waals surface area contributed by atoms with Crippen molar-refractivity contribution in [3.8, 4) is 6.07 Å². The van der Waals surface area contributed by atoms with Crippen LogP contribution in [0.2, 0.25) is 0 Å². The highest BCUT2D eigenvalue weighted by molar-refractivity contribution is 6.16. The lowest BCUT2D eigenvalue weighted by molar-refractivity contribution is 0.616. The number of nitriles is 1. The Bertz CT molecular complexity index is 306. The molecule has 0 bridgehead atoms. The van der Waals surface area contributed by atoms with Gasteiger partial charge in [-0.3, -0.25) is 4.98 Å². The molecule has 0 saturated heterocycles. The summed E-state index contributed by atoms with van der Waals surface area (Å²) in [4.78, 5) is 3.65. The molecule has 0 spiro atoms. The Labute approximate surface area is 68.2 Å². The summed E-state index contributed by atoms with van der Waals surface area (Å²) in [5, 5.41) is 8.38. The molecule has 0 aliphatic heterocycles. The number of aromatic nitrogens is 1. The van der Waals surface area contributed by atoms with Gasteiger partial charge in [-0.1, -0.05) is 0 Å². The lowest BCUT2D eigenvalue weighted by atomic mass is 10.2. The fourth-order valence-electron chi connectivity index (χ4n) is 0.641. The summed E-state index contributed by atoms with van der Waals surface area (Å²) in [6.07, 6.45) is 0.996. The van der Waals surface area contributed by atoms with Gasteiger partial charge in [-0.25, -0.2) is 4.39 Å². The number of nitrogens with zero attached hydrogens (tertiary/aromatic N) is 2. The standard InChI is InChI=1S/C7H4ClFN2/c8-2-6-1-5(3-10)7(9)4-11-6/h1,4H,2H2. The highest BCUT2D eigenvalue weighted by Gasteiger charge is 2.01. The molecule has 0 amide bonds. The molecule has 0 radical (unpaired) electrons. The van der Waals surface area contributed by atoms with Crippen molar-refractivity contribution in [1.82, 2.24) is 4.98 Å². The van der Waals surface area contributed by atoms with Gasteiger partial charge in [0.25, 0.3) is 0 Å². The first-order valence-electron chi connectivity index (χ1n) is 2.88. The first-order valence-corrected chi connectivity index (χ1v) is 3.42. The van der Waals surface area contributed by atoms with Gasteiger partial charge in [-0.05, 0) is 6.07 Å². The average molecular weight is 171 g/mol. The maximum atomic E-state index is 12.6. The highest BCUT2D eigenvalue weighted by Crippen LogP contribution is 2.07. The van der Waals surface area contributed by atoms with Crippen LogP contribution in [-0.2, 0) is 5.88 Å². The minimum absolute atomic E-state index is 0.0179. The van der Waals surface area contributed by atoms with Gasteiger partial charge in [0.15, 0.2) is 5.82 Å². The molecule has 56 valence electrons. The molecule has 0 aliphatic carbocycles. The summed E-state index contributed by atoms with van der Waals surface area (Å²) in [6.45, 7) is 0. The number of halogens is 2. The molecule has 1 aromatic heterocycles. The van der Waals surface area contributed by atoms with E-state index in [1.165, 1.54) is 6.07 Å². The van der Waals surface area contributed by atoms with Crippen LogP contribution >= 0.6 is 11.6 Å². The highest BCUT2D eigenvalue weighted by atomic mass is 35.5. The van der Waals surface area contributed by atoms with Gasteiger partial charge in [0.05, 0.1) is 23.3 Å². The molecule has 11 heavy (non-hydrogen) atoms. The minimum Gasteiger partial charge on any atom is -0.257 e. The van der Waals surface area contributed by atoms with Crippen molar-refractivity contribution in [2.24, 2.45) is 0 Å². The van der Waals surface area contributed by atoms with Gasteiger partial charge in [0.1, 0.15) is 6.07 Å². The fraction of sp³-hybridized carbons (Fsp3) is 0.143. The number of hydrogen-bond donors (Lipinski definition) is 0. The third kappa shape index (κ3) is 1.66. The monoisotopic (exact) mass is 170 g/mol. The first kappa shape index (κ1) is 7.96. The first-order chi connectivity index (χ1) is 5.27. The normalized spacial score (nSPS) is 9.18. The molecule has 2 nitrogen and oxygen atoms in total. The predicted octanol–water partition coefficient (Wildman–Crippen LogP) is 1.83. The predicted molar refractivity (Wildman–Crippen MR) is 38.5 cm³/mol. The molecule has 4 heteroatoms. The largest absolute Gasteiger partial charge is 0.257 e. The van der Waals surface area contributed by atoms with Crippen LogP contribution in [0.15, 0.2) is 12.3 Å². The van der Waals surface area contributed by atoms with Crippen LogP contribution in [0.3, 0.4) is 0 Å². The summed E-state index contributed by atoms with van der Waals surface area (Å²) in [6, 6.07) is 3.03. The lowest BCUT2D eigenvalue weighted by Gasteiger charge is -1.94. The summed E-state index contributed by atoms with van der Waals surface area (Å²) in [7, 11) is 0. The molecular weight excluding hydrogens is 167 g/mol. The molecule has 0 fully saturated rings. The van der Waals surface area contributed by atoms with E-state index in [2.05, 4.69) is 4.98 Å². The molecule has 1 heterocycles. The van der Waals surface area contributed by atoms with Gasteiger partial charge in [0.2, 0.25) is 0 Å². The van der Waals surface area contributed by atoms with Crippen LogP contribution in [0.1, 0.15) is 11.3 Å². The van der Waals surface area contributed by atoms with Crippen LogP contribution in [0, 0.1) is 17.1 Å². The second kappa shape index (κ2) is 3.31. The van der Waals surface area contributed by atoms with E-state index in [4.69, 9.17) is 16.9 Å². The van der Waals surface area contributed by atoms with E-state index >= 15 is 0 Å². The van der Waals surface area contributed by atoms with Gasteiger partial charge < -0.3 is 0 Å². The number of pyridine rings is 1. The van der Waals surface area contributed by atoms with Crippen molar-refractivity contribution in [2.75, 3.05) is 0 Å². The van der Waals surface area contributed by atoms with E-state index in [1.807, 2.05) is 0 Å². The lowest BCUT2D eigenvalue weighted by Crippen LogP contribution is -1.90. The Hall–Kier alpha value is -1.14. The Morgan fingerprint density at radius 3 is 3.00 bits per heavy atom. The van der Waals surface area contributed by atoms with Crippen molar-refractivity contribution >= 4 is 11.6 Å². The molecule has 0 unspecified atom stereocenters. The van der Waals surface area contributed by atoms with Crippen molar-refractivity contribution in [1.29, 1.82) is 5.26 Å². The third-order valence-electron chi connectivity index (χ3n) is 1.17. The van der Waals surface area contributed by atoms with Gasteiger partial charge in [-0.15, -0.1) is 11.6 Å². The summed E-state index contributed by atoms with van der Waals surface area (Å²) in [5.74, 6) is -0.420. The fourth-order valence-corrected chi connectivity index (χ4v) is 0.787. The Balaban J connectivity index is 3.15. The Kier molecular flexibility index (Phi) is 2.40. The quantitative estimate of drug-likeness (QED) is 0.603. The molecule has 0 atom stereocenters. The zero-order valence-corrected chi connectivity index (χ0v) is 6.27. The smallest absolute Gasteiger partial charge is 0.159 e. The number of rotatable bonds is 1. The summed E-state index contributed by atoms with van der Waals surface area (Å²) < 4.78 is 12.6. The van der Waals surface area contributed by atoms with Crippen molar-refractivity contribution in [3.63, 3.8) is 0 Å². The van der Waals surface area contributed by atoms with E-state index in [0.29, 0.717) is 5.69 Å². The molecule has 1 aromatic rings. The molecule has 1 rings (SSSR count). The average Bonchev–Trinajstić information content (AvgIpc) is 2.05. The van der Waals surface area contributed by atoms with Crippen LogP contribution in [0.4, 0.5) is 4.39 Å². The van der Waals surface area contributed by atoms with Crippen LogP contribution in [0.25, 0.3) is 0 Å². The Morgan fingerprint density at radius 2 is 2.45 bits per heavy atom. The second-order valence-electron chi connectivity index (χ2n) is 1.90. The third-order valence-corrected chi connectivity index (χ3v) is 1.44. The minimum atomic E-state index is -0.610. The van der Waals surface area contributed by atoms with E-state index in [9.17, 15) is 4.39 Å². The number of alkyl halides is 1. The van der Waals surface area contributed by atoms with Crippen LogP contribution < -0.4 is 0 Å². The molecule has 0 N–H and O–H groups in total. The van der Waals surface area contributed by atoms with E-state index in [-0.39, 0.29) is 11.4 Å². The molecule has 0 saturated carbocycles. The topological polar surface area (TPSA) is 36.7 Å². The van der Waals surface area contributed by atoms with E-state index in [0.717, 1.165) is 6.20 Å². The zero-order chi connectivity index (χ0) is 8.27.